The smallest absolute Gasteiger partial charge is 0.220 e. The maximum Gasteiger partial charge on any atom is 0.220 e. The van der Waals surface area contributed by atoms with Crippen LogP contribution >= 0.6 is 0 Å². The van der Waals surface area contributed by atoms with Gasteiger partial charge < -0.3 is 15.4 Å². The van der Waals surface area contributed by atoms with E-state index in [0.717, 1.165) is 19.3 Å². The zero-order chi connectivity index (χ0) is 26.0. The van der Waals surface area contributed by atoms with Gasteiger partial charge >= 0.3 is 0 Å². The van der Waals surface area contributed by atoms with Crippen molar-refractivity contribution < 1.29 is 17.7 Å². The standard InChI is InChI=1S/C22H23FN6O/c1-22(2,30)6-5-13-7-16-17(20-18(23)8-26-21(24)27-20)12-29(19(16)9-25-13)15-10-28(11-15)14-3-4-14/h7-9,12,14-15,30H,3-4,10-11H2,1-2H3,(H2,24,26,27)/i1D3,2D3. The predicted octanol–water partition coefficient (Wildman–Crippen LogP) is 2.36. The zero-order valence-electron chi connectivity index (χ0n) is 21.9. The lowest BCUT2D eigenvalue weighted by molar-refractivity contribution is 0.101. The van der Waals surface area contributed by atoms with Gasteiger partial charge in [0.25, 0.3) is 0 Å². The number of halogens is 1. The molecule has 5 rings (SSSR count). The highest BCUT2D eigenvalue weighted by Gasteiger charge is 2.39. The molecule has 1 aliphatic heterocycles. The third kappa shape index (κ3) is 3.51. The summed E-state index contributed by atoms with van der Waals surface area (Å²) in [5.74, 6) is 3.60. The Balaban J connectivity index is 1.61. The summed E-state index contributed by atoms with van der Waals surface area (Å²) in [4.78, 5) is 14.4. The Morgan fingerprint density at radius 2 is 2.07 bits per heavy atom. The lowest BCUT2D eigenvalue weighted by Crippen LogP contribution is -2.48. The molecule has 4 heterocycles. The van der Waals surface area contributed by atoms with Crippen molar-refractivity contribution in [1.82, 2.24) is 24.4 Å². The molecule has 7 nitrogen and oxygen atoms in total. The molecule has 30 heavy (non-hydrogen) atoms. The normalized spacial score (nSPS) is 21.4. The number of hydrogen-bond acceptors (Lipinski definition) is 6. The number of pyridine rings is 1. The summed E-state index contributed by atoms with van der Waals surface area (Å²) < 4.78 is 61.6. The molecule has 0 radical (unpaired) electrons. The minimum absolute atomic E-state index is 0.00378. The van der Waals surface area contributed by atoms with Crippen LogP contribution in [0, 0.1) is 17.7 Å². The minimum atomic E-state index is -3.29. The first-order valence-electron chi connectivity index (χ1n) is 12.6. The average molecular weight is 413 g/mol. The Bertz CT molecular complexity index is 1380. The number of nitrogens with two attached hydrogens (primary N) is 1. The van der Waals surface area contributed by atoms with Crippen LogP contribution in [0.15, 0.2) is 24.7 Å². The molecule has 0 unspecified atom stereocenters. The molecule has 0 bridgehead atoms. The van der Waals surface area contributed by atoms with Crippen molar-refractivity contribution in [2.45, 2.75) is 44.2 Å². The van der Waals surface area contributed by atoms with Crippen molar-refractivity contribution in [2.24, 2.45) is 0 Å². The van der Waals surface area contributed by atoms with Crippen molar-refractivity contribution in [3.05, 3.63) is 36.2 Å². The Labute approximate surface area is 182 Å². The molecule has 0 spiro atoms. The second kappa shape index (κ2) is 6.76. The zero-order valence-corrected chi connectivity index (χ0v) is 15.9. The summed E-state index contributed by atoms with van der Waals surface area (Å²) in [6.07, 6.45) is 6.64. The van der Waals surface area contributed by atoms with Crippen LogP contribution in [-0.2, 0) is 0 Å². The average Bonchev–Trinajstić information content (AvgIpc) is 3.52. The van der Waals surface area contributed by atoms with Gasteiger partial charge in [-0.25, -0.2) is 19.3 Å². The molecule has 1 aliphatic carbocycles. The maximum absolute atomic E-state index is 14.7. The van der Waals surface area contributed by atoms with Crippen LogP contribution in [-0.4, -0.2) is 54.3 Å². The van der Waals surface area contributed by atoms with Crippen LogP contribution in [0.1, 0.15) is 46.5 Å². The predicted molar refractivity (Wildman–Crippen MR) is 112 cm³/mol. The second-order valence-corrected chi connectivity index (χ2v) is 7.76. The van der Waals surface area contributed by atoms with Crippen LogP contribution in [0.2, 0.25) is 0 Å². The molecule has 2 aliphatic rings. The second-order valence-electron chi connectivity index (χ2n) is 7.76. The highest BCUT2D eigenvalue weighted by Crippen LogP contribution is 2.39. The highest BCUT2D eigenvalue weighted by atomic mass is 19.1. The van der Waals surface area contributed by atoms with E-state index in [2.05, 4.69) is 25.8 Å². The van der Waals surface area contributed by atoms with Crippen LogP contribution in [0.25, 0.3) is 22.2 Å². The van der Waals surface area contributed by atoms with Crippen LogP contribution in [0.4, 0.5) is 10.3 Å². The van der Waals surface area contributed by atoms with Gasteiger partial charge in [0.2, 0.25) is 5.95 Å². The van der Waals surface area contributed by atoms with Crippen LogP contribution < -0.4 is 5.73 Å². The molecular formula is C22H23FN6O. The van der Waals surface area contributed by atoms with Gasteiger partial charge in [0, 0.05) is 44.5 Å². The van der Waals surface area contributed by atoms with E-state index in [-0.39, 0.29) is 23.4 Å². The number of aromatic nitrogens is 4. The molecule has 0 aromatic carbocycles. The summed E-state index contributed by atoms with van der Waals surface area (Å²) in [5.41, 5.74) is 3.53. The Morgan fingerprint density at radius 1 is 1.27 bits per heavy atom. The van der Waals surface area contributed by atoms with E-state index in [4.69, 9.17) is 14.0 Å². The van der Waals surface area contributed by atoms with Gasteiger partial charge in [-0.1, -0.05) is 5.92 Å². The van der Waals surface area contributed by atoms with Crippen molar-refractivity contribution in [1.29, 1.82) is 0 Å². The molecule has 154 valence electrons. The first kappa shape index (κ1) is 13.3. The first-order chi connectivity index (χ1) is 16.8. The molecule has 1 saturated carbocycles. The van der Waals surface area contributed by atoms with Crippen molar-refractivity contribution in [3.8, 4) is 23.1 Å². The summed E-state index contributed by atoms with van der Waals surface area (Å²) in [6, 6.07) is 2.25. The molecule has 3 N–H and O–H groups in total. The monoisotopic (exact) mass is 412 g/mol. The molecule has 1 saturated heterocycles. The molecule has 0 atom stereocenters. The Hall–Kier alpha value is -3.02. The lowest BCUT2D eigenvalue weighted by atomic mass is 10.1. The first-order valence-corrected chi connectivity index (χ1v) is 9.57. The molecule has 3 aromatic rings. The van der Waals surface area contributed by atoms with Gasteiger partial charge in [-0.2, -0.15) is 0 Å². The number of rotatable bonds is 3. The fraction of sp³-hybridized carbons (Fsp3) is 0.409. The Kier molecular flexibility index (Phi) is 3.00. The van der Waals surface area contributed by atoms with Crippen molar-refractivity contribution >= 4 is 16.9 Å². The van der Waals surface area contributed by atoms with Gasteiger partial charge in [-0.05, 0) is 38.5 Å². The summed E-state index contributed by atoms with van der Waals surface area (Å²) in [7, 11) is 0. The number of aliphatic hydroxyl groups is 1. The van der Waals surface area contributed by atoms with Gasteiger partial charge in [-0.3, -0.25) is 4.90 Å². The third-order valence-electron chi connectivity index (χ3n) is 5.46. The number of hydrogen-bond donors (Lipinski definition) is 2. The summed E-state index contributed by atoms with van der Waals surface area (Å²) in [5, 5.41) is 11.0. The van der Waals surface area contributed by atoms with E-state index in [1.165, 1.54) is 25.1 Å². The summed E-state index contributed by atoms with van der Waals surface area (Å²) in [6.45, 7) is -4.89. The minimum Gasteiger partial charge on any atom is -0.378 e. The highest BCUT2D eigenvalue weighted by molar-refractivity contribution is 5.95. The number of likely N-dealkylation sites (tertiary alicyclic amines) is 1. The summed E-state index contributed by atoms with van der Waals surface area (Å²) >= 11 is 0. The largest absolute Gasteiger partial charge is 0.378 e. The van der Waals surface area contributed by atoms with Crippen molar-refractivity contribution in [2.75, 3.05) is 18.8 Å². The van der Waals surface area contributed by atoms with E-state index < -0.39 is 25.1 Å². The van der Waals surface area contributed by atoms with E-state index in [0.29, 0.717) is 22.5 Å². The molecular weight excluding hydrogens is 383 g/mol. The molecule has 8 heteroatoms. The van der Waals surface area contributed by atoms with E-state index in [1.54, 1.807) is 6.20 Å². The molecule has 0 amide bonds. The van der Waals surface area contributed by atoms with Crippen molar-refractivity contribution in [3.63, 3.8) is 0 Å². The fourth-order valence-electron chi connectivity index (χ4n) is 3.83. The van der Waals surface area contributed by atoms with E-state index in [1.807, 2.05) is 10.5 Å². The van der Waals surface area contributed by atoms with Gasteiger partial charge in [-0.15, -0.1) is 0 Å². The van der Waals surface area contributed by atoms with E-state index >= 15 is 0 Å². The number of nitrogens with zero attached hydrogens (tertiary/aromatic N) is 5. The maximum atomic E-state index is 14.7. The number of nitrogen functional groups attached to an aromatic ring is 1. The topological polar surface area (TPSA) is 93.1 Å². The third-order valence-corrected chi connectivity index (χ3v) is 5.46. The van der Waals surface area contributed by atoms with Crippen LogP contribution in [0.3, 0.4) is 0 Å². The fourth-order valence-corrected chi connectivity index (χ4v) is 3.83. The van der Waals surface area contributed by atoms with E-state index in [9.17, 15) is 9.50 Å². The number of anilines is 1. The SMILES string of the molecule is [2H]C([2H])([2H])C(O)(C#Cc1cc2c(-c3nc(N)ncc3F)cn(C3CN(C4CC4)C3)c2cn1)C([2H])([2H])[2H]. The van der Waals surface area contributed by atoms with Gasteiger partial charge in [0.1, 0.15) is 17.0 Å². The molecule has 3 aromatic heterocycles. The number of fused-ring (bicyclic) bond motifs is 1. The quantitative estimate of drug-likeness (QED) is 0.642. The lowest BCUT2D eigenvalue weighted by Gasteiger charge is -2.40. The van der Waals surface area contributed by atoms with Gasteiger partial charge in [0.15, 0.2) is 5.82 Å². The molecule has 2 fully saturated rings. The van der Waals surface area contributed by atoms with Gasteiger partial charge in [0.05, 0.1) is 24.0 Å². The van der Waals surface area contributed by atoms with Crippen LogP contribution in [0.5, 0.6) is 0 Å². The Morgan fingerprint density at radius 3 is 2.80 bits per heavy atom.